The van der Waals surface area contributed by atoms with Gasteiger partial charge in [0.05, 0.1) is 0 Å². The Morgan fingerprint density at radius 2 is 2.30 bits per heavy atom. The molecule has 0 amide bonds. The van der Waals surface area contributed by atoms with Crippen molar-refractivity contribution >= 4 is 0 Å². The first-order valence-corrected chi connectivity index (χ1v) is 4.47. The van der Waals surface area contributed by atoms with Crippen molar-refractivity contribution in [2.45, 2.75) is 39.5 Å². The lowest BCUT2D eigenvalue weighted by atomic mass is 9.79. The van der Waals surface area contributed by atoms with Crippen molar-refractivity contribution < 1.29 is 0 Å². The number of piperidine rings is 1. The molecule has 0 aliphatic carbocycles. The van der Waals surface area contributed by atoms with Gasteiger partial charge < -0.3 is 5.32 Å². The molecule has 1 fully saturated rings. The topological polar surface area (TPSA) is 12.0 Å². The van der Waals surface area contributed by atoms with Gasteiger partial charge in [0.1, 0.15) is 0 Å². The van der Waals surface area contributed by atoms with Crippen LogP contribution in [0.3, 0.4) is 0 Å². The third kappa shape index (κ3) is 1.98. The summed E-state index contributed by atoms with van der Waals surface area (Å²) in [7, 11) is 0. The number of nitrogens with one attached hydrogen (secondary N) is 1. The van der Waals surface area contributed by atoms with Crippen LogP contribution in [0, 0.1) is 5.41 Å². The van der Waals surface area contributed by atoms with Crippen LogP contribution < -0.4 is 5.32 Å². The lowest BCUT2D eigenvalue weighted by Gasteiger charge is -2.33. The second kappa shape index (κ2) is 3.38. The molecular formula is C9H19N. The van der Waals surface area contributed by atoms with Crippen molar-refractivity contribution in [1.82, 2.24) is 5.32 Å². The zero-order valence-electron chi connectivity index (χ0n) is 7.24. The lowest BCUT2D eigenvalue weighted by Crippen LogP contribution is -2.37. The minimum atomic E-state index is 0.618. The van der Waals surface area contributed by atoms with Crippen LogP contribution in [-0.4, -0.2) is 13.1 Å². The Balaban J connectivity index is 2.32. The van der Waals surface area contributed by atoms with E-state index < -0.39 is 0 Å². The normalized spacial score (nSPS) is 34.2. The highest BCUT2D eigenvalue weighted by molar-refractivity contribution is 4.80. The molecule has 0 aromatic heterocycles. The first kappa shape index (κ1) is 8.06. The Hall–Kier alpha value is -0.0400. The van der Waals surface area contributed by atoms with Gasteiger partial charge in [0.15, 0.2) is 0 Å². The standard InChI is InChI=1S/C9H19N/c1-3-5-9(2)6-4-7-10-8-9/h10H,3-8H2,1-2H3. The Kier molecular flexibility index (Phi) is 2.72. The largest absolute Gasteiger partial charge is 0.316 e. The van der Waals surface area contributed by atoms with Gasteiger partial charge in [-0.15, -0.1) is 0 Å². The van der Waals surface area contributed by atoms with E-state index in [1.807, 2.05) is 0 Å². The van der Waals surface area contributed by atoms with E-state index in [0.29, 0.717) is 5.41 Å². The number of hydrogen-bond acceptors (Lipinski definition) is 1. The summed E-state index contributed by atoms with van der Waals surface area (Å²) in [5, 5.41) is 3.46. The summed E-state index contributed by atoms with van der Waals surface area (Å²) in [6, 6.07) is 0. The van der Waals surface area contributed by atoms with E-state index in [4.69, 9.17) is 0 Å². The fourth-order valence-electron chi connectivity index (χ4n) is 1.94. The van der Waals surface area contributed by atoms with Gasteiger partial charge in [0.2, 0.25) is 0 Å². The van der Waals surface area contributed by atoms with Gasteiger partial charge in [-0.25, -0.2) is 0 Å². The fourth-order valence-corrected chi connectivity index (χ4v) is 1.94. The highest BCUT2D eigenvalue weighted by atomic mass is 14.9. The molecule has 1 unspecified atom stereocenters. The van der Waals surface area contributed by atoms with Crippen LogP contribution >= 0.6 is 0 Å². The second-order valence-electron chi connectivity index (χ2n) is 3.84. The first-order valence-electron chi connectivity index (χ1n) is 4.47. The molecule has 0 aromatic carbocycles. The molecule has 1 saturated heterocycles. The van der Waals surface area contributed by atoms with Crippen molar-refractivity contribution in [2.24, 2.45) is 5.41 Å². The van der Waals surface area contributed by atoms with E-state index in [-0.39, 0.29) is 0 Å². The van der Waals surface area contributed by atoms with Crippen LogP contribution in [0.5, 0.6) is 0 Å². The molecule has 0 aromatic rings. The molecule has 10 heavy (non-hydrogen) atoms. The van der Waals surface area contributed by atoms with Crippen molar-refractivity contribution in [2.75, 3.05) is 13.1 Å². The van der Waals surface area contributed by atoms with Crippen LogP contribution in [0.1, 0.15) is 39.5 Å². The number of rotatable bonds is 2. The van der Waals surface area contributed by atoms with E-state index in [1.54, 1.807) is 0 Å². The fraction of sp³-hybridized carbons (Fsp3) is 1.00. The van der Waals surface area contributed by atoms with Crippen LogP contribution in [0.25, 0.3) is 0 Å². The highest BCUT2D eigenvalue weighted by Crippen LogP contribution is 2.30. The molecule has 0 radical (unpaired) electrons. The summed E-state index contributed by atoms with van der Waals surface area (Å²) < 4.78 is 0. The molecule has 1 nitrogen and oxygen atoms in total. The van der Waals surface area contributed by atoms with Crippen molar-refractivity contribution in [1.29, 1.82) is 0 Å². The first-order chi connectivity index (χ1) is 4.77. The maximum atomic E-state index is 3.46. The minimum absolute atomic E-state index is 0.618. The molecule has 1 rings (SSSR count). The quantitative estimate of drug-likeness (QED) is 0.621. The van der Waals surface area contributed by atoms with Gasteiger partial charge in [-0.3, -0.25) is 0 Å². The van der Waals surface area contributed by atoms with Gasteiger partial charge in [0, 0.05) is 6.54 Å². The Morgan fingerprint density at radius 1 is 1.50 bits per heavy atom. The maximum Gasteiger partial charge on any atom is 0.000517 e. The summed E-state index contributed by atoms with van der Waals surface area (Å²) in [4.78, 5) is 0. The molecule has 60 valence electrons. The molecule has 1 aliphatic rings. The molecule has 0 spiro atoms. The van der Waals surface area contributed by atoms with Crippen LogP contribution in [0.2, 0.25) is 0 Å². The van der Waals surface area contributed by atoms with Gasteiger partial charge in [-0.2, -0.15) is 0 Å². The van der Waals surface area contributed by atoms with E-state index >= 15 is 0 Å². The van der Waals surface area contributed by atoms with E-state index in [1.165, 1.54) is 38.8 Å². The zero-order valence-corrected chi connectivity index (χ0v) is 7.24. The lowest BCUT2D eigenvalue weighted by molar-refractivity contribution is 0.216. The van der Waals surface area contributed by atoms with Gasteiger partial charge in [-0.1, -0.05) is 20.3 Å². The second-order valence-corrected chi connectivity index (χ2v) is 3.84. The number of hydrogen-bond donors (Lipinski definition) is 1. The minimum Gasteiger partial charge on any atom is -0.316 e. The van der Waals surface area contributed by atoms with Gasteiger partial charge in [-0.05, 0) is 31.2 Å². The average Bonchev–Trinajstić information content (AvgIpc) is 1.89. The van der Waals surface area contributed by atoms with Crippen LogP contribution in [-0.2, 0) is 0 Å². The van der Waals surface area contributed by atoms with Gasteiger partial charge >= 0.3 is 0 Å². The Bertz CT molecular complexity index is 87.4. The summed E-state index contributed by atoms with van der Waals surface area (Å²) in [5.74, 6) is 0. The summed E-state index contributed by atoms with van der Waals surface area (Å²) in [6.07, 6.45) is 5.52. The Labute approximate surface area is 64.2 Å². The smallest absolute Gasteiger partial charge is 0.000517 e. The molecule has 1 heterocycles. The third-order valence-electron chi connectivity index (χ3n) is 2.54. The Morgan fingerprint density at radius 3 is 2.80 bits per heavy atom. The molecule has 1 aliphatic heterocycles. The zero-order chi connectivity index (χ0) is 7.45. The van der Waals surface area contributed by atoms with Crippen molar-refractivity contribution in [3.05, 3.63) is 0 Å². The summed E-state index contributed by atoms with van der Waals surface area (Å²) in [5.41, 5.74) is 0.618. The van der Waals surface area contributed by atoms with Crippen molar-refractivity contribution in [3.8, 4) is 0 Å². The van der Waals surface area contributed by atoms with Crippen molar-refractivity contribution in [3.63, 3.8) is 0 Å². The van der Waals surface area contributed by atoms with Crippen LogP contribution in [0.15, 0.2) is 0 Å². The molecule has 0 bridgehead atoms. The maximum absolute atomic E-state index is 3.46. The predicted molar refractivity (Wildman–Crippen MR) is 45.1 cm³/mol. The third-order valence-corrected chi connectivity index (χ3v) is 2.54. The molecule has 1 atom stereocenters. The molecule has 0 saturated carbocycles. The summed E-state index contributed by atoms with van der Waals surface area (Å²) >= 11 is 0. The predicted octanol–water partition coefficient (Wildman–Crippen LogP) is 2.18. The highest BCUT2D eigenvalue weighted by Gasteiger charge is 2.24. The van der Waals surface area contributed by atoms with Crippen LogP contribution in [0.4, 0.5) is 0 Å². The van der Waals surface area contributed by atoms with E-state index in [9.17, 15) is 0 Å². The van der Waals surface area contributed by atoms with E-state index in [0.717, 1.165) is 0 Å². The van der Waals surface area contributed by atoms with Gasteiger partial charge in [0.25, 0.3) is 0 Å². The monoisotopic (exact) mass is 141 g/mol. The molecule has 1 N–H and O–H groups in total. The average molecular weight is 141 g/mol. The molecule has 1 heteroatoms. The van der Waals surface area contributed by atoms with E-state index in [2.05, 4.69) is 19.2 Å². The molecular weight excluding hydrogens is 122 g/mol. The SMILES string of the molecule is CCCC1(C)CCCNC1. The summed E-state index contributed by atoms with van der Waals surface area (Å²) in [6.45, 7) is 7.16.